The fourth-order valence-electron chi connectivity index (χ4n) is 2.18. The van der Waals surface area contributed by atoms with Crippen molar-refractivity contribution in [2.24, 2.45) is 0 Å². The summed E-state index contributed by atoms with van der Waals surface area (Å²) in [4.78, 5) is 15.5. The van der Waals surface area contributed by atoms with Crippen LogP contribution in [-0.4, -0.2) is 10.8 Å². The van der Waals surface area contributed by atoms with Crippen LogP contribution in [0.25, 0.3) is 0 Å². The van der Waals surface area contributed by atoms with Crippen LogP contribution in [0.5, 0.6) is 0 Å². The van der Waals surface area contributed by atoms with Crippen molar-refractivity contribution in [2.75, 3.05) is 0 Å². The van der Waals surface area contributed by atoms with Crippen molar-refractivity contribution in [3.63, 3.8) is 0 Å². The van der Waals surface area contributed by atoms with Gasteiger partial charge in [0.1, 0.15) is 0 Å². The molecule has 1 atom stereocenters. The molecule has 0 bridgehead atoms. The number of hydrogen-bond donors (Lipinski definition) is 0. The van der Waals surface area contributed by atoms with E-state index in [9.17, 15) is 18.0 Å². The van der Waals surface area contributed by atoms with Gasteiger partial charge in [-0.25, -0.2) is 4.98 Å². The highest BCUT2D eigenvalue weighted by molar-refractivity contribution is 7.13. The average Bonchev–Trinajstić information content (AvgIpc) is 2.79. The molecule has 0 saturated carbocycles. The summed E-state index contributed by atoms with van der Waals surface area (Å²) in [5, 5.41) is -0.969. The molecule has 0 aliphatic heterocycles. The lowest BCUT2D eigenvalue weighted by molar-refractivity contribution is -0.137. The zero-order valence-corrected chi connectivity index (χ0v) is 10.4. The lowest BCUT2D eigenvalue weighted by Crippen LogP contribution is -2.24. The van der Waals surface area contributed by atoms with E-state index in [-0.39, 0.29) is 16.6 Å². The van der Waals surface area contributed by atoms with Crippen LogP contribution in [0, 0.1) is 0 Å². The molecule has 3 rings (SSSR count). The van der Waals surface area contributed by atoms with Crippen LogP contribution >= 0.6 is 11.3 Å². The highest BCUT2D eigenvalue weighted by Crippen LogP contribution is 2.39. The molecule has 0 saturated heterocycles. The largest absolute Gasteiger partial charge is 0.443 e. The highest BCUT2D eigenvalue weighted by atomic mass is 32.1. The quantitative estimate of drug-likeness (QED) is 0.787. The molecule has 6 heteroatoms. The monoisotopic (exact) mass is 283 g/mol. The van der Waals surface area contributed by atoms with Gasteiger partial charge in [0, 0.05) is 6.20 Å². The van der Waals surface area contributed by atoms with Gasteiger partial charge in [-0.15, -0.1) is 11.3 Å². The fourth-order valence-corrected chi connectivity index (χ4v) is 2.96. The van der Waals surface area contributed by atoms with Crippen LogP contribution in [0.3, 0.4) is 0 Å². The van der Waals surface area contributed by atoms with Gasteiger partial charge in [-0.2, -0.15) is 13.2 Å². The molecule has 2 aromatic rings. The number of alkyl halides is 3. The van der Waals surface area contributed by atoms with Crippen LogP contribution in [0.4, 0.5) is 13.2 Å². The fraction of sp³-hybridized carbons (Fsp3) is 0.231. The Hall–Kier alpha value is -1.69. The van der Waals surface area contributed by atoms with Crippen LogP contribution in [0.2, 0.25) is 0 Å². The standard InChI is InChI=1S/C13H8F3NOS/c14-13(15,16)12-17-6-10(19-12)11(18)9-5-7-3-1-2-4-8(7)9/h1-4,6,9H,5H2. The number of thiazole rings is 1. The van der Waals surface area contributed by atoms with E-state index in [1.165, 1.54) is 0 Å². The molecule has 1 aliphatic carbocycles. The van der Waals surface area contributed by atoms with Crippen molar-refractivity contribution in [2.45, 2.75) is 18.5 Å². The Morgan fingerprint density at radius 1 is 1.32 bits per heavy atom. The van der Waals surface area contributed by atoms with E-state index >= 15 is 0 Å². The Bertz CT molecular complexity index is 647. The first kappa shape index (κ1) is 12.3. The maximum Gasteiger partial charge on any atom is 0.443 e. The maximum atomic E-state index is 12.4. The second kappa shape index (κ2) is 4.16. The van der Waals surface area contributed by atoms with Gasteiger partial charge < -0.3 is 0 Å². The number of hydrogen-bond acceptors (Lipinski definition) is 3. The van der Waals surface area contributed by atoms with Gasteiger partial charge in [0.05, 0.1) is 10.8 Å². The van der Waals surface area contributed by atoms with Crippen LogP contribution < -0.4 is 0 Å². The van der Waals surface area contributed by atoms with Gasteiger partial charge in [-0.3, -0.25) is 4.79 Å². The summed E-state index contributed by atoms with van der Waals surface area (Å²) in [6.07, 6.45) is -2.87. The van der Waals surface area contributed by atoms with E-state index in [0.29, 0.717) is 17.8 Å². The Balaban J connectivity index is 1.85. The Kier molecular flexibility index (Phi) is 2.70. The van der Waals surface area contributed by atoms with Crippen LogP contribution in [0.1, 0.15) is 31.7 Å². The third-order valence-corrected chi connectivity index (χ3v) is 4.22. The first-order valence-electron chi connectivity index (χ1n) is 5.62. The van der Waals surface area contributed by atoms with Crippen molar-refractivity contribution >= 4 is 17.1 Å². The predicted molar refractivity (Wildman–Crippen MR) is 64.3 cm³/mol. The second-order valence-electron chi connectivity index (χ2n) is 4.35. The van der Waals surface area contributed by atoms with Crippen molar-refractivity contribution < 1.29 is 18.0 Å². The van der Waals surface area contributed by atoms with Crippen molar-refractivity contribution in [3.05, 3.63) is 51.5 Å². The minimum absolute atomic E-state index is 0.0758. The topological polar surface area (TPSA) is 30.0 Å². The van der Waals surface area contributed by atoms with E-state index in [0.717, 1.165) is 17.3 Å². The number of carbonyl (C=O) groups is 1. The molecule has 0 N–H and O–H groups in total. The molecule has 1 aliphatic rings. The highest BCUT2D eigenvalue weighted by Gasteiger charge is 2.38. The molecule has 19 heavy (non-hydrogen) atoms. The Morgan fingerprint density at radius 3 is 2.68 bits per heavy atom. The van der Waals surface area contributed by atoms with Crippen molar-refractivity contribution in [3.8, 4) is 0 Å². The number of ketones is 1. The number of nitrogens with zero attached hydrogens (tertiary/aromatic N) is 1. The summed E-state index contributed by atoms with van der Waals surface area (Å²) in [5.74, 6) is -0.593. The van der Waals surface area contributed by atoms with E-state index in [1.807, 2.05) is 24.3 Å². The molecule has 1 heterocycles. The molecule has 1 aromatic carbocycles. The molecule has 98 valence electrons. The molecule has 0 radical (unpaired) electrons. The van der Waals surface area contributed by atoms with E-state index in [2.05, 4.69) is 4.98 Å². The number of fused-ring (bicyclic) bond motifs is 1. The molecule has 1 unspecified atom stereocenters. The van der Waals surface area contributed by atoms with Gasteiger partial charge in [0.25, 0.3) is 0 Å². The van der Waals surface area contributed by atoms with E-state index in [1.54, 1.807) is 0 Å². The summed E-state index contributed by atoms with van der Waals surface area (Å²) in [6, 6.07) is 7.47. The zero-order valence-electron chi connectivity index (χ0n) is 9.57. The van der Waals surface area contributed by atoms with Gasteiger partial charge in [0.2, 0.25) is 0 Å². The summed E-state index contributed by atoms with van der Waals surface area (Å²) < 4.78 is 37.3. The lowest BCUT2D eigenvalue weighted by atomic mass is 9.75. The number of benzene rings is 1. The Labute approximate surface area is 110 Å². The summed E-state index contributed by atoms with van der Waals surface area (Å²) in [5.41, 5.74) is 2.00. The van der Waals surface area contributed by atoms with Crippen LogP contribution in [0.15, 0.2) is 30.5 Å². The number of rotatable bonds is 2. The molecule has 0 spiro atoms. The third-order valence-electron chi connectivity index (χ3n) is 3.16. The van der Waals surface area contributed by atoms with Gasteiger partial charge in [-0.05, 0) is 17.5 Å². The minimum atomic E-state index is -4.49. The minimum Gasteiger partial charge on any atom is -0.293 e. The SMILES string of the molecule is O=C(c1cnc(C(F)(F)F)s1)C1Cc2ccccc21. The predicted octanol–water partition coefficient (Wildman–Crippen LogP) is 3.68. The summed E-state index contributed by atoms with van der Waals surface area (Å²) in [7, 11) is 0. The smallest absolute Gasteiger partial charge is 0.293 e. The summed E-state index contributed by atoms with van der Waals surface area (Å²) in [6.45, 7) is 0. The molecular formula is C13H8F3NOS. The molecule has 2 nitrogen and oxygen atoms in total. The zero-order chi connectivity index (χ0) is 13.6. The third kappa shape index (κ3) is 2.06. The number of Topliss-reactive ketones (excluding diaryl/α,β-unsaturated/α-hetero) is 1. The normalized spacial score (nSPS) is 17.7. The number of aromatic nitrogens is 1. The molecular weight excluding hydrogens is 275 g/mol. The second-order valence-corrected chi connectivity index (χ2v) is 5.38. The lowest BCUT2D eigenvalue weighted by Gasteiger charge is -2.28. The van der Waals surface area contributed by atoms with Gasteiger partial charge >= 0.3 is 6.18 Å². The number of halogens is 3. The average molecular weight is 283 g/mol. The van der Waals surface area contributed by atoms with Gasteiger partial charge in [0.15, 0.2) is 10.8 Å². The molecule has 0 amide bonds. The van der Waals surface area contributed by atoms with E-state index in [4.69, 9.17) is 0 Å². The Morgan fingerprint density at radius 2 is 2.05 bits per heavy atom. The van der Waals surface area contributed by atoms with Crippen LogP contribution in [-0.2, 0) is 12.6 Å². The first-order valence-corrected chi connectivity index (χ1v) is 6.43. The number of carbonyl (C=O) groups excluding carboxylic acids is 1. The molecule has 1 aromatic heterocycles. The van der Waals surface area contributed by atoms with Crippen molar-refractivity contribution in [1.29, 1.82) is 0 Å². The van der Waals surface area contributed by atoms with Gasteiger partial charge in [-0.1, -0.05) is 24.3 Å². The first-order chi connectivity index (χ1) is 8.97. The summed E-state index contributed by atoms with van der Waals surface area (Å²) >= 11 is 0.415. The van der Waals surface area contributed by atoms with Crippen molar-refractivity contribution in [1.82, 2.24) is 4.98 Å². The van der Waals surface area contributed by atoms with E-state index < -0.39 is 11.2 Å². The maximum absolute atomic E-state index is 12.4. The molecule has 0 fully saturated rings.